The van der Waals surface area contributed by atoms with Crippen LogP contribution in [-0.4, -0.2) is 19.9 Å². The van der Waals surface area contributed by atoms with Crippen LogP contribution in [-0.2, 0) is 5.41 Å². The number of nitrogens with zero attached hydrogens (tertiary/aromatic N) is 4. The Morgan fingerprint density at radius 2 is 0.709 bits per heavy atom. The van der Waals surface area contributed by atoms with E-state index in [1.165, 1.54) is 38.9 Å². The quantitative estimate of drug-likeness (QED) is 0.166. The Kier molecular flexibility index (Phi) is 8.00. The molecule has 1 aliphatic rings. The van der Waals surface area contributed by atoms with Crippen LogP contribution in [0.2, 0.25) is 0 Å². The van der Waals surface area contributed by atoms with Crippen molar-refractivity contribution in [3.05, 3.63) is 229 Å². The zero-order valence-corrected chi connectivity index (χ0v) is 29.9. The second-order valence-electron chi connectivity index (χ2n) is 13.8. The van der Waals surface area contributed by atoms with E-state index >= 15 is 0 Å². The number of fused-ring (bicyclic) bond motifs is 3. The van der Waals surface area contributed by atoms with Crippen LogP contribution in [0.25, 0.3) is 67.5 Å². The zero-order chi connectivity index (χ0) is 36.6. The van der Waals surface area contributed by atoms with Crippen molar-refractivity contribution in [2.24, 2.45) is 0 Å². The third-order valence-corrected chi connectivity index (χ3v) is 10.7. The Bertz CT molecular complexity index is 2670. The van der Waals surface area contributed by atoms with E-state index in [0.29, 0.717) is 17.5 Å². The summed E-state index contributed by atoms with van der Waals surface area (Å²) in [4.78, 5) is 19.4. The Balaban J connectivity index is 1.18. The molecule has 10 rings (SSSR count). The van der Waals surface area contributed by atoms with Crippen LogP contribution in [0, 0.1) is 0 Å². The minimum absolute atomic E-state index is 0.534. The molecule has 55 heavy (non-hydrogen) atoms. The van der Waals surface area contributed by atoms with Gasteiger partial charge in [-0.05, 0) is 56.1 Å². The van der Waals surface area contributed by atoms with E-state index in [2.05, 4.69) is 132 Å². The summed E-state index contributed by atoms with van der Waals surface area (Å²) in [5.74, 6) is 1.92. The van der Waals surface area contributed by atoms with E-state index in [4.69, 9.17) is 15.0 Å². The van der Waals surface area contributed by atoms with Gasteiger partial charge in [-0.2, -0.15) is 0 Å². The average Bonchev–Trinajstić information content (AvgIpc) is 3.59. The van der Waals surface area contributed by atoms with Gasteiger partial charge in [-0.1, -0.05) is 188 Å². The molecule has 0 spiro atoms. The van der Waals surface area contributed by atoms with Gasteiger partial charge in [0.15, 0.2) is 17.5 Å². The normalized spacial score (nSPS) is 12.5. The highest BCUT2D eigenvalue weighted by atomic mass is 15.0. The largest absolute Gasteiger partial charge is 0.264 e. The molecule has 9 aromatic rings. The first-order chi connectivity index (χ1) is 27.3. The van der Waals surface area contributed by atoms with Crippen LogP contribution in [0.3, 0.4) is 0 Å². The Morgan fingerprint density at radius 3 is 1.16 bits per heavy atom. The highest BCUT2D eigenvalue weighted by Crippen LogP contribution is 2.60. The minimum atomic E-state index is -0.534. The second kappa shape index (κ2) is 13.6. The van der Waals surface area contributed by atoms with Gasteiger partial charge in [-0.3, -0.25) is 4.98 Å². The lowest BCUT2D eigenvalue weighted by Crippen LogP contribution is -2.28. The summed E-state index contributed by atoms with van der Waals surface area (Å²) < 4.78 is 0. The first kappa shape index (κ1) is 32.4. The smallest absolute Gasteiger partial charge is 0.164 e. The van der Waals surface area contributed by atoms with Crippen LogP contribution >= 0.6 is 0 Å². The van der Waals surface area contributed by atoms with Gasteiger partial charge >= 0.3 is 0 Å². The molecule has 7 aromatic carbocycles. The molecular formula is C51H34N4. The maximum atomic E-state index is 4.99. The summed E-state index contributed by atoms with van der Waals surface area (Å²) >= 11 is 0. The van der Waals surface area contributed by atoms with Gasteiger partial charge in [0.25, 0.3) is 0 Å². The van der Waals surface area contributed by atoms with E-state index in [9.17, 15) is 0 Å². The molecule has 0 radical (unpaired) electrons. The highest BCUT2D eigenvalue weighted by molar-refractivity contribution is 6.01. The maximum absolute atomic E-state index is 4.99. The molecule has 0 saturated heterocycles. The van der Waals surface area contributed by atoms with Crippen molar-refractivity contribution in [2.45, 2.75) is 5.41 Å². The lowest BCUT2D eigenvalue weighted by molar-refractivity contribution is 0.769. The molecule has 0 saturated carbocycles. The lowest BCUT2D eigenvalue weighted by atomic mass is 9.67. The van der Waals surface area contributed by atoms with Crippen molar-refractivity contribution in [1.82, 2.24) is 19.9 Å². The minimum Gasteiger partial charge on any atom is -0.264 e. The van der Waals surface area contributed by atoms with Gasteiger partial charge in [0.1, 0.15) is 0 Å². The van der Waals surface area contributed by atoms with Crippen molar-refractivity contribution in [3.63, 3.8) is 0 Å². The molecule has 258 valence electrons. The van der Waals surface area contributed by atoms with Gasteiger partial charge in [0.2, 0.25) is 0 Å². The van der Waals surface area contributed by atoms with Gasteiger partial charge in [0.05, 0.1) is 5.41 Å². The molecule has 0 atom stereocenters. The number of benzene rings is 7. The van der Waals surface area contributed by atoms with Gasteiger partial charge in [0, 0.05) is 34.6 Å². The van der Waals surface area contributed by atoms with Gasteiger partial charge in [-0.15, -0.1) is 0 Å². The Labute approximate surface area is 320 Å². The lowest BCUT2D eigenvalue weighted by Gasteiger charge is -2.34. The van der Waals surface area contributed by atoms with Gasteiger partial charge < -0.3 is 0 Å². The molecule has 4 heteroatoms. The monoisotopic (exact) mass is 702 g/mol. The predicted molar refractivity (Wildman–Crippen MR) is 222 cm³/mol. The average molecular weight is 703 g/mol. The zero-order valence-electron chi connectivity index (χ0n) is 29.9. The fraction of sp³-hybridized carbons (Fsp3) is 0.0196. The summed E-state index contributed by atoms with van der Waals surface area (Å²) in [6, 6.07) is 68.5. The van der Waals surface area contributed by atoms with Crippen LogP contribution < -0.4 is 0 Å². The molecule has 2 heterocycles. The van der Waals surface area contributed by atoms with Crippen LogP contribution in [0.15, 0.2) is 207 Å². The summed E-state index contributed by atoms with van der Waals surface area (Å²) in [6.45, 7) is 0. The molecule has 2 aromatic heterocycles. The van der Waals surface area contributed by atoms with Crippen LogP contribution in [0.4, 0.5) is 0 Å². The third kappa shape index (κ3) is 5.46. The third-order valence-electron chi connectivity index (χ3n) is 10.7. The van der Waals surface area contributed by atoms with E-state index in [1.54, 1.807) is 0 Å². The van der Waals surface area contributed by atoms with Crippen LogP contribution in [0.5, 0.6) is 0 Å². The van der Waals surface area contributed by atoms with E-state index in [-0.39, 0.29) is 0 Å². The first-order valence-corrected chi connectivity index (χ1v) is 18.6. The topological polar surface area (TPSA) is 51.6 Å². The SMILES string of the molecule is c1ccc(-c2nc(-c3ccccc3)nc(-c3ccc(-c4cccc5c4-c4c(-c6cccnc6)cccc4C5(c4ccccc4)c4ccccc4)cc3)n2)cc1. The van der Waals surface area contributed by atoms with Crippen LogP contribution in [0.1, 0.15) is 22.3 Å². The van der Waals surface area contributed by atoms with Crippen molar-refractivity contribution < 1.29 is 0 Å². The molecule has 0 amide bonds. The second-order valence-corrected chi connectivity index (χ2v) is 13.8. The van der Waals surface area contributed by atoms with Crippen molar-refractivity contribution in [2.75, 3.05) is 0 Å². The van der Waals surface area contributed by atoms with E-state index in [0.717, 1.165) is 33.4 Å². The standard InChI is InChI=1S/C51H34N4/c1-5-16-36(17-6-1)48-53-49(37-18-7-2-8-19-37)55-50(54-48)38-31-29-35(30-32-38)42-25-13-27-44-46(42)47-43(39-20-15-33-52-34-39)26-14-28-45(47)51(44,40-21-9-3-10-22-40)41-23-11-4-12-24-41/h1-34H. The number of pyridine rings is 1. The highest BCUT2D eigenvalue weighted by Gasteiger charge is 2.47. The molecule has 0 fully saturated rings. The number of hydrogen-bond donors (Lipinski definition) is 0. The van der Waals surface area contributed by atoms with E-state index in [1.807, 2.05) is 79.1 Å². The molecule has 4 nitrogen and oxygen atoms in total. The molecular weight excluding hydrogens is 669 g/mol. The first-order valence-electron chi connectivity index (χ1n) is 18.6. The predicted octanol–water partition coefficient (Wildman–Crippen LogP) is 12.0. The van der Waals surface area contributed by atoms with Crippen molar-refractivity contribution in [3.8, 4) is 67.5 Å². The van der Waals surface area contributed by atoms with Crippen molar-refractivity contribution >= 4 is 0 Å². The fourth-order valence-corrected chi connectivity index (χ4v) is 8.32. The summed E-state index contributed by atoms with van der Waals surface area (Å²) in [6.07, 6.45) is 3.81. The molecule has 1 aliphatic carbocycles. The fourth-order valence-electron chi connectivity index (χ4n) is 8.32. The molecule has 0 aliphatic heterocycles. The number of rotatable bonds is 7. The van der Waals surface area contributed by atoms with Crippen molar-refractivity contribution in [1.29, 1.82) is 0 Å². The number of hydrogen-bond acceptors (Lipinski definition) is 4. The molecule has 0 bridgehead atoms. The van der Waals surface area contributed by atoms with E-state index < -0.39 is 5.41 Å². The number of aromatic nitrogens is 4. The Morgan fingerprint density at radius 1 is 0.309 bits per heavy atom. The summed E-state index contributed by atoms with van der Waals surface area (Å²) in [5.41, 5.74) is 14.3. The Hall–Kier alpha value is -7.30. The summed E-state index contributed by atoms with van der Waals surface area (Å²) in [5, 5.41) is 0. The maximum Gasteiger partial charge on any atom is 0.164 e. The molecule has 0 unspecified atom stereocenters. The van der Waals surface area contributed by atoms with Gasteiger partial charge in [-0.25, -0.2) is 15.0 Å². The molecule has 0 N–H and O–H groups in total. The summed E-state index contributed by atoms with van der Waals surface area (Å²) in [7, 11) is 0.